The molecule has 0 bridgehead atoms. The van der Waals surface area contributed by atoms with Crippen LogP contribution < -0.4 is 5.32 Å². The highest BCUT2D eigenvalue weighted by molar-refractivity contribution is 5.81. The van der Waals surface area contributed by atoms with Crippen LogP contribution in [-0.4, -0.2) is 73.2 Å². The number of carbonyl (C=O) groups excluding carboxylic acids is 1. The number of hydrogen-bond acceptors (Lipinski definition) is 4. The van der Waals surface area contributed by atoms with Crippen molar-refractivity contribution in [2.45, 2.75) is 45.3 Å². The Labute approximate surface area is 123 Å². The zero-order valence-electron chi connectivity index (χ0n) is 13.4. The summed E-state index contributed by atoms with van der Waals surface area (Å²) in [6, 6.07) is -0.113. The van der Waals surface area contributed by atoms with Crippen molar-refractivity contribution in [1.29, 1.82) is 0 Å². The quantitative estimate of drug-likeness (QED) is 0.717. The molecule has 5 heteroatoms. The molecule has 5 nitrogen and oxygen atoms in total. The number of β-amino-alcohol motifs (C(OH)–C–C–N with tert-alkyl or cyclic N) is 1. The Bertz CT molecular complexity index is 289. The minimum atomic E-state index is -0.480. The van der Waals surface area contributed by atoms with Crippen molar-refractivity contribution >= 4 is 5.91 Å². The molecule has 1 aliphatic heterocycles. The fraction of sp³-hybridized carbons (Fsp3) is 0.933. The fourth-order valence-corrected chi connectivity index (χ4v) is 2.73. The highest BCUT2D eigenvalue weighted by Gasteiger charge is 2.21. The van der Waals surface area contributed by atoms with E-state index in [-0.39, 0.29) is 11.9 Å². The molecule has 0 saturated carbocycles. The van der Waals surface area contributed by atoms with Gasteiger partial charge in [0.2, 0.25) is 5.91 Å². The van der Waals surface area contributed by atoms with E-state index in [1.54, 1.807) is 0 Å². The van der Waals surface area contributed by atoms with Gasteiger partial charge in [-0.1, -0.05) is 13.8 Å². The molecule has 0 aromatic carbocycles. The van der Waals surface area contributed by atoms with E-state index in [0.29, 0.717) is 13.1 Å². The molecule has 118 valence electrons. The van der Waals surface area contributed by atoms with Crippen LogP contribution in [0.3, 0.4) is 0 Å². The van der Waals surface area contributed by atoms with Crippen LogP contribution in [0.4, 0.5) is 0 Å². The molecule has 0 spiro atoms. The number of carbonyl (C=O) groups is 1. The van der Waals surface area contributed by atoms with Crippen LogP contribution in [0.25, 0.3) is 0 Å². The average Bonchev–Trinajstić information content (AvgIpc) is 2.39. The van der Waals surface area contributed by atoms with Crippen LogP contribution in [0.1, 0.15) is 33.1 Å². The molecule has 0 aromatic heterocycles. The van der Waals surface area contributed by atoms with E-state index in [4.69, 9.17) is 0 Å². The van der Waals surface area contributed by atoms with Gasteiger partial charge in [-0.2, -0.15) is 0 Å². The smallest absolute Gasteiger partial charge is 0.237 e. The number of piperidine rings is 1. The first kappa shape index (κ1) is 17.4. The lowest BCUT2D eigenvalue weighted by molar-refractivity contribution is -0.126. The second-order valence-electron chi connectivity index (χ2n) is 6.27. The first-order valence-corrected chi connectivity index (χ1v) is 7.78. The lowest BCUT2D eigenvalue weighted by Gasteiger charge is -2.31. The molecule has 1 aliphatic rings. The molecule has 1 saturated heterocycles. The van der Waals surface area contributed by atoms with E-state index in [9.17, 15) is 9.90 Å². The minimum Gasteiger partial charge on any atom is -0.390 e. The summed E-state index contributed by atoms with van der Waals surface area (Å²) in [5, 5.41) is 12.9. The standard InChI is InChI=1S/C15H31N3O2/c1-5-14(17(3)4)15(20)16-10-13(19)11-18-8-6-12(2)7-9-18/h12-14,19H,5-11H2,1-4H3,(H,16,20). The van der Waals surface area contributed by atoms with Gasteiger partial charge in [0, 0.05) is 13.1 Å². The molecular formula is C15H31N3O2. The largest absolute Gasteiger partial charge is 0.390 e. The highest BCUT2D eigenvalue weighted by Crippen LogP contribution is 2.15. The van der Waals surface area contributed by atoms with Crippen molar-refractivity contribution in [1.82, 2.24) is 15.1 Å². The molecule has 2 N–H and O–H groups in total. The van der Waals surface area contributed by atoms with Gasteiger partial charge in [-0.05, 0) is 52.4 Å². The molecule has 1 rings (SSSR count). The van der Waals surface area contributed by atoms with Gasteiger partial charge in [-0.15, -0.1) is 0 Å². The second kappa shape index (κ2) is 8.60. The summed E-state index contributed by atoms with van der Waals surface area (Å²) in [5.74, 6) is 0.803. The van der Waals surface area contributed by atoms with Gasteiger partial charge in [-0.25, -0.2) is 0 Å². The number of aliphatic hydroxyl groups is 1. The van der Waals surface area contributed by atoms with E-state index >= 15 is 0 Å². The van der Waals surface area contributed by atoms with Crippen LogP contribution in [-0.2, 0) is 4.79 Å². The molecule has 20 heavy (non-hydrogen) atoms. The second-order valence-corrected chi connectivity index (χ2v) is 6.27. The van der Waals surface area contributed by atoms with Gasteiger partial charge < -0.3 is 15.3 Å². The minimum absolute atomic E-state index is 0.00353. The summed E-state index contributed by atoms with van der Waals surface area (Å²) < 4.78 is 0. The normalized spacial score (nSPS) is 20.9. The third-order valence-corrected chi connectivity index (χ3v) is 4.17. The maximum atomic E-state index is 12.0. The van der Waals surface area contributed by atoms with Crippen molar-refractivity contribution in [2.75, 3.05) is 40.3 Å². The summed E-state index contributed by atoms with van der Waals surface area (Å²) in [6.07, 6.45) is 2.71. The Morgan fingerprint density at radius 1 is 1.40 bits per heavy atom. The van der Waals surface area contributed by atoms with Gasteiger partial charge in [0.25, 0.3) is 0 Å². The summed E-state index contributed by atoms with van der Waals surface area (Å²) in [4.78, 5) is 16.2. The first-order valence-electron chi connectivity index (χ1n) is 7.78. The van der Waals surface area contributed by atoms with Gasteiger partial charge in [0.15, 0.2) is 0 Å². The van der Waals surface area contributed by atoms with Crippen LogP contribution in [0.2, 0.25) is 0 Å². The van der Waals surface area contributed by atoms with Crippen LogP contribution >= 0.6 is 0 Å². The van der Waals surface area contributed by atoms with Crippen LogP contribution in [0.15, 0.2) is 0 Å². The van der Waals surface area contributed by atoms with Gasteiger partial charge in [0.1, 0.15) is 0 Å². The van der Waals surface area contributed by atoms with E-state index in [2.05, 4.69) is 17.1 Å². The molecule has 1 heterocycles. The van der Waals surface area contributed by atoms with Gasteiger partial charge >= 0.3 is 0 Å². The number of amides is 1. The van der Waals surface area contributed by atoms with Gasteiger partial charge in [-0.3, -0.25) is 9.69 Å². The number of rotatable bonds is 7. The fourth-order valence-electron chi connectivity index (χ4n) is 2.73. The lowest BCUT2D eigenvalue weighted by atomic mass is 9.99. The first-order chi connectivity index (χ1) is 9.43. The summed E-state index contributed by atoms with van der Waals surface area (Å²) >= 11 is 0. The number of nitrogens with one attached hydrogen (secondary N) is 1. The molecule has 0 radical (unpaired) electrons. The monoisotopic (exact) mass is 285 g/mol. The number of likely N-dealkylation sites (N-methyl/N-ethyl adjacent to an activating group) is 1. The molecule has 0 aromatic rings. The predicted molar refractivity (Wildman–Crippen MR) is 81.6 cm³/mol. The number of aliphatic hydroxyl groups excluding tert-OH is 1. The molecule has 0 aliphatic carbocycles. The Hall–Kier alpha value is -0.650. The zero-order chi connectivity index (χ0) is 15.1. The molecular weight excluding hydrogens is 254 g/mol. The van der Waals surface area contributed by atoms with Crippen molar-refractivity contribution < 1.29 is 9.90 Å². The highest BCUT2D eigenvalue weighted by atomic mass is 16.3. The van der Waals surface area contributed by atoms with E-state index in [1.807, 2.05) is 25.9 Å². The molecule has 1 amide bonds. The predicted octanol–water partition coefficient (Wildman–Crippen LogP) is 0.536. The number of nitrogens with zero attached hydrogens (tertiary/aromatic N) is 2. The zero-order valence-corrected chi connectivity index (χ0v) is 13.4. The molecule has 1 fully saturated rings. The van der Waals surface area contributed by atoms with Crippen molar-refractivity contribution in [2.24, 2.45) is 5.92 Å². The SMILES string of the molecule is CCC(C(=O)NCC(O)CN1CCC(C)CC1)N(C)C. The van der Waals surface area contributed by atoms with Crippen LogP contribution in [0.5, 0.6) is 0 Å². The average molecular weight is 285 g/mol. The van der Waals surface area contributed by atoms with Crippen molar-refractivity contribution in [3.63, 3.8) is 0 Å². The Kier molecular flexibility index (Phi) is 7.48. The van der Waals surface area contributed by atoms with Crippen molar-refractivity contribution in [3.05, 3.63) is 0 Å². The van der Waals surface area contributed by atoms with Gasteiger partial charge in [0.05, 0.1) is 12.1 Å². The Morgan fingerprint density at radius 3 is 2.50 bits per heavy atom. The summed E-state index contributed by atoms with van der Waals surface area (Å²) in [6.45, 7) is 7.39. The van der Waals surface area contributed by atoms with E-state index < -0.39 is 6.10 Å². The maximum Gasteiger partial charge on any atom is 0.237 e. The lowest BCUT2D eigenvalue weighted by Crippen LogP contribution is -2.47. The number of hydrogen-bond donors (Lipinski definition) is 2. The third-order valence-electron chi connectivity index (χ3n) is 4.17. The Morgan fingerprint density at radius 2 is 2.00 bits per heavy atom. The molecule has 2 unspecified atom stereocenters. The van der Waals surface area contributed by atoms with E-state index in [1.165, 1.54) is 12.8 Å². The summed E-state index contributed by atoms with van der Waals surface area (Å²) in [7, 11) is 3.80. The molecule has 2 atom stereocenters. The van der Waals surface area contributed by atoms with E-state index in [0.717, 1.165) is 25.4 Å². The third kappa shape index (κ3) is 5.77. The maximum absolute atomic E-state index is 12.0. The summed E-state index contributed by atoms with van der Waals surface area (Å²) in [5.41, 5.74) is 0. The number of likely N-dealkylation sites (tertiary alicyclic amines) is 1. The van der Waals surface area contributed by atoms with Crippen molar-refractivity contribution in [3.8, 4) is 0 Å². The Balaban J connectivity index is 2.25. The topological polar surface area (TPSA) is 55.8 Å². The van der Waals surface area contributed by atoms with Crippen LogP contribution in [0, 0.1) is 5.92 Å².